The Kier molecular flexibility index (Phi) is 7.93. The standard InChI is InChI=1S/C28H27Cl2N5O3/c29-20-6-7-26(32-17-20)33-28(37)23-14-21(30)15-24(34-10-12-38-13-11-34)22(23)16-25(36)18-2-4-19(5-3-18)27(31)35-8-1-9-35/h2-7,14-15,17,31H,1,8-13,16H2,(H,32,33,37). The summed E-state index contributed by atoms with van der Waals surface area (Å²) in [6, 6.07) is 13.7. The van der Waals surface area contributed by atoms with Crippen LogP contribution in [0.1, 0.15) is 38.3 Å². The zero-order valence-corrected chi connectivity index (χ0v) is 22.2. The van der Waals surface area contributed by atoms with Crippen molar-refractivity contribution in [1.29, 1.82) is 5.41 Å². The molecule has 0 aliphatic carbocycles. The van der Waals surface area contributed by atoms with Gasteiger partial charge in [0.15, 0.2) is 5.78 Å². The highest BCUT2D eigenvalue weighted by Crippen LogP contribution is 2.31. The molecule has 2 aromatic carbocycles. The number of nitrogens with one attached hydrogen (secondary N) is 2. The highest BCUT2D eigenvalue weighted by atomic mass is 35.5. The fourth-order valence-electron chi connectivity index (χ4n) is 4.53. The van der Waals surface area contributed by atoms with E-state index in [-0.39, 0.29) is 12.2 Å². The highest BCUT2D eigenvalue weighted by Gasteiger charge is 2.25. The second-order valence-corrected chi connectivity index (χ2v) is 10.1. The molecule has 0 bridgehead atoms. The van der Waals surface area contributed by atoms with Gasteiger partial charge in [0.2, 0.25) is 0 Å². The minimum atomic E-state index is -0.419. The van der Waals surface area contributed by atoms with Gasteiger partial charge in [-0.2, -0.15) is 0 Å². The fourth-order valence-corrected chi connectivity index (χ4v) is 4.85. The van der Waals surface area contributed by atoms with Crippen molar-refractivity contribution in [2.75, 3.05) is 49.6 Å². The summed E-state index contributed by atoms with van der Waals surface area (Å²) in [5, 5.41) is 12.0. The van der Waals surface area contributed by atoms with E-state index in [1.165, 1.54) is 6.20 Å². The Morgan fingerprint density at radius 3 is 2.29 bits per heavy atom. The van der Waals surface area contributed by atoms with E-state index in [0.29, 0.717) is 64.7 Å². The molecule has 2 aliphatic rings. The normalized spacial score (nSPS) is 15.1. The Morgan fingerprint density at radius 1 is 0.947 bits per heavy atom. The molecule has 1 amide bonds. The molecule has 38 heavy (non-hydrogen) atoms. The molecule has 3 aromatic rings. The molecule has 1 aromatic heterocycles. The first-order valence-electron chi connectivity index (χ1n) is 12.4. The number of rotatable bonds is 7. The molecule has 2 aliphatic heterocycles. The van der Waals surface area contributed by atoms with Crippen LogP contribution in [0.2, 0.25) is 10.0 Å². The second-order valence-electron chi connectivity index (χ2n) is 9.23. The van der Waals surface area contributed by atoms with E-state index in [4.69, 9.17) is 33.3 Å². The molecule has 2 saturated heterocycles. The summed E-state index contributed by atoms with van der Waals surface area (Å²) >= 11 is 12.4. The van der Waals surface area contributed by atoms with Crippen LogP contribution in [0.25, 0.3) is 0 Å². The van der Waals surface area contributed by atoms with Crippen LogP contribution in [0, 0.1) is 5.41 Å². The van der Waals surface area contributed by atoms with Gasteiger partial charge in [-0.05, 0) is 36.2 Å². The number of amides is 1. The molecule has 10 heteroatoms. The Morgan fingerprint density at radius 2 is 1.66 bits per heavy atom. The summed E-state index contributed by atoms with van der Waals surface area (Å²) in [6.07, 6.45) is 2.54. The van der Waals surface area contributed by atoms with Crippen LogP contribution in [0.5, 0.6) is 0 Å². The first-order valence-corrected chi connectivity index (χ1v) is 13.2. The smallest absolute Gasteiger partial charge is 0.257 e. The van der Waals surface area contributed by atoms with Gasteiger partial charge in [0.1, 0.15) is 11.7 Å². The van der Waals surface area contributed by atoms with Crippen molar-refractivity contribution in [2.45, 2.75) is 12.8 Å². The molecule has 8 nitrogen and oxygen atoms in total. The molecular formula is C28H27Cl2N5O3. The zero-order valence-electron chi connectivity index (χ0n) is 20.7. The predicted octanol–water partition coefficient (Wildman–Crippen LogP) is 4.93. The lowest BCUT2D eigenvalue weighted by Gasteiger charge is -2.33. The van der Waals surface area contributed by atoms with E-state index < -0.39 is 5.91 Å². The van der Waals surface area contributed by atoms with Crippen LogP contribution in [-0.4, -0.2) is 66.8 Å². The zero-order chi connectivity index (χ0) is 26.6. The number of amidine groups is 1. The third kappa shape index (κ3) is 5.83. The lowest BCUT2D eigenvalue weighted by molar-refractivity contribution is 0.0992. The van der Waals surface area contributed by atoms with E-state index in [1.807, 2.05) is 4.90 Å². The van der Waals surface area contributed by atoms with Gasteiger partial charge < -0.3 is 19.9 Å². The number of halogens is 2. The average Bonchev–Trinajstić information content (AvgIpc) is 2.90. The number of likely N-dealkylation sites (tertiary alicyclic amines) is 1. The molecular weight excluding hydrogens is 525 g/mol. The van der Waals surface area contributed by atoms with Gasteiger partial charge in [-0.1, -0.05) is 47.5 Å². The lowest BCUT2D eigenvalue weighted by Crippen LogP contribution is -2.42. The van der Waals surface area contributed by atoms with Gasteiger partial charge >= 0.3 is 0 Å². The van der Waals surface area contributed by atoms with Gasteiger partial charge in [-0.3, -0.25) is 15.0 Å². The van der Waals surface area contributed by atoms with Crippen molar-refractivity contribution >= 4 is 52.2 Å². The summed E-state index contributed by atoms with van der Waals surface area (Å²) in [7, 11) is 0. The van der Waals surface area contributed by atoms with E-state index in [1.54, 1.807) is 48.5 Å². The molecule has 0 spiro atoms. The number of Topliss-reactive ketones (excluding diaryl/α,β-unsaturated/α-hetero) is 1. The molecule has 0 radical (unpaired) electrons. The summed E-state index contributed by atoms with van der Waals surface area (Å²) in [5.41, 5.74) is 2.92. The SMILES string of the molecule is N=C(c1ccc(C(=O)Cc2c(C(=O)Nc3ccc(Cl)cn3)cc(Cl)cc2N2CCOCC2)cc1)N1CCC1. The molecule has 196 valence electrons. The highest BCUT2D eigenvalue weighted by molar-refractivity contribution is 6.31. The van der Waals surface area contributed by atoms with Crippen LogP contribution in [0.15, 0.2) is 54.7 Å². The Hall–Kier alpha value is -3.46. The number of anilines is 2. The Bertz CT molecular complexity index is 1350. The van der Waals surface area contributed by atoms with Crippen molar-refractivity contribution in [3.63, 3.8) is 0 Å². The number of morpholine rings is 1. The van der Waals surface area contributed by atoms with E-state index >= 15 is 0 Å². The molecule has 0 saturated carbocycles. The molecule has 0 unspecified atom stereocenters. The van der Waals surface area contributed by atoms with Crippen molar-refractivity contribution in [3.05, 3.63) is 87.0 Å². The van der Waals surface area contributed by atoms with Crippen molar-refractivity contribution in [1.82, 2.24) is 9.88 Å². The number of ether oxygens (including phenoxy) is 1. The van der Waals surface area contributed by atoms with Gasteiger partial charge in [0.05, 0.1) is 18.2 Å². The van der Waals surface area contributed by atoms with Crippen molar-refractivity contribution < 1.29 is 14.3 Å². The topological polar surface area (TPSA) is 98.6 Å². The number of aromatic nitrogens is 1. The number of benzene rings is 2. The van der Waals surface area contributed by atoms with E-state index in [9.17, 15) is 9.59 Å². The maximum Gasteiger partial charge on any atom is 0.257 e. The van der Waals surface area contributed by atoms with Gasteiger partial charge in [0, 0.05) is 66.2 Å². The summed E-state index contributed by atoms with van der Waals surface area (Å²) in [5.74, 6) is 0.252. The largest absolute Gasteiger partial charge is 0.378 e. The summed E-state index contributed by atoms with van der Waals surface area (Å²) < 4.78 is 5.51. The summed E-state index contributed by atoms with van der Waals surface area (Å²) in [6.45, 7) is 4.10. The first-order chi connectivity index (χ1) is 18.4. The van der Waals surface area contributed by atoms with E-state index in [2.05, 4.69) is 15.2 Å². The Labute approximate surface area is 231 Å². The minimum absolute atomic E-state index is 0.00355. The Balaban J connectivity index is 1.45. The average molecular weight is 552 g/mol. The van der Waals surface area contributed by atoms with Crippen LogP contribution in [-0.2, 0) is 11.2 Å². The van der Waals surface area contributed by atoms with Crippen molar-refractivity contribution in [2.24, 2.45) is 0 Å². The van der Waals surface area contributed by atoms with Crippen molar-refractivity contribution in [3.8, 4) is 0 Å². The molecule has 3 heterocycles. The van der Waals surface area contributed by atoms with Gasteiger partial charge in [-0.15, -0.1) is 0 Å². The molecule has 5 rings (SSSR count). The summed E-state index contributed by atoms with van der Waals surface area (Å²) in [4.78, 5) is 35.1. The number of hydrogen-bond donors (Lipinski definition) is 2. The maximum atomic E-state index is 13.5. The monoisotopic (exact) mass is 551 g/mol. The first kappa shape index (κ1) is 26.2. The van der Waals surface area contributed by atoms with Gasteiger partial charge in [-0.25, -0.2) is 4.98 Å². The number of ketones is 1. The number of hydrogen-bond acceptors (Lipinski definition) is 6. The predicted molar refractivity (Wildman–Crippen MR) is 149 cm³/mol. The number of carbonyl (C=O) groups excluding carboxylic acids is 2. The van der Waals surface area contributed by atoms with Gasteiger partial charge in [0.25, 0.3) is 5.91 Å². The number of nitrogens with zero attached hydrogens (tertiary/aromatic N) is 3. The molecule has 2 N–H and O–H groups in total. The maximum absolute atomic E-state index is 13.5. The third-order valence-electron chi connectivity index (χ3n) is 6.75. The fraction of sp³-hybridized carbons (Fsp3) is 0.286. The quantitative estimate of drug-likeness (QED) is 0.245. The van der Waals surface area contributed by atoms with E-state index in [0.717, 1.165) is 30.8 Å². The minimum Gasteiger partial charge on any atom is -0.378 e. The van der Waals surface area contributed by atoms with Crippen LogP contribution in [0.4, 0.5) is 11.5 Å². The van der Waals surface area contributed by atoms with Crippen LogP contribution in [0.3, 0.4) is 0 Å². The molecule has 0 atom stereocenters. The molecule has 2 fully saturated rings. The van der Waals surface area contributed by atoms with Crippen LogP contribution < -0.4 is 10.2 Å². The van der Waals surface area contributed by atoms with Crippen LogP contribution >= 0.6 is 23.2 Å². The lowest BCUT2D eigenvalue weighted by atomic mass is 9.95. The second kappa shape index (κ2) is 11.5. The number of pyridine rings is 1. The number of carbonyl (C=O) groups is 2. The third-order valence-corrected chi connectivity index (χ3v) is 7.19.